The maximum atomic E-state index is 12.0. The summed E-state index contributed by atoms with van der Waals surface area (Å²) in [5, 5.41) is 3.49. The lowest BCUT2D eigenvalue weighted by Gasteiger charge is -2.22. The number of halogens is 2. The average molecular weight is 333 g/mol. The standard InChI is InChI=1S/C13H15BrClNO2/c14-12-4-3-10(15)6-11(12)13(17)16-7-9-2-1-5-18-8-9/h3-4,6,9H,1-2,5,7-8H2,(H,16,17). The molecule has 0 radical (unpaired) electrons. The zero-order valence-corrected chi connectivity index (χ0v) is 12.3. The predicted octanol–water partition coefficient (Wildman–Crippen LogP) is 3.26. The van der Waals surface area contributed by atoms with Crippen molar-refractivity contribution in [1.82, 2.24) is 5.32 Å². The van der Waals surface area contributed by atoms with Gasteiger partial charge in [-0.3, -0.25) is 4.79 Å². The number of ether oxygens (including phenoxy) is 1. The summed E-state index contributed by atoms with van der Waals surface area (Å²) in [4.78, 5) is 12.0. The van der Waals surface area contributed by atoms with E-state index in [-0.39, 0.29) is 5.91 Å². The molecule has 0 saturated carbocycles. The fourth-order valence-electron chi connectivity index (χ4n) is 1.97. The number of amides is 1. The zero-order valence-electron chi connectivity index (χ0n) is 9.92. The van der Waals surface area contributed by atoms with E-state index in [9.17, 15) is 4.79 Å². The van der Waals surface area contributed by atoms with Crippen LogP contribution < -0.4 is 5.32 Å². The number of carbonyl (C=O) groups is 1. The summed E-state index contributed by atoms with van der Waals surface area (Å²) in [6.07, 6.45) is 2.18. The highest BCUT2D eigenvalue weighted by molar-refractivity contribution is 9.10. The van der Waals surface area contributed by atoms with E-state index in [1.54, 1.807) is 18.2 Å². The highest BCUT2D eigenvalue weighted by Crippen LogP contribution is 2.21. The molecule has 18 heavy (non-hydrogen) atoms. The molecule has 0 aliphatic carbocycles. The Labute approximate surface area is 120 Å². The molecule has 1 atom stereocenters. The van der Waals surface area contributed by atoms with Gasteiger partial charge >= 0.3 is 0 Å². The Bertz CT molecular complexity index is 433. The molecule has 0 aromatic heterocycles. The first-order valence-electron chi connectivity index (χ1n) is 5.98. The fourth-order valence-corrected chi connectivity index (χ4v) is 2.57. The fraction of sp³-hybridized carbons (Fsp3) is 0.462. The molecule has 1 aromatic carbocycles. The first-order chi connectivity index (χ1) is 8.66. The minimum absolute atomic E-state index is 0.102. The SMILES string of the molecule is O=C(NCC1CCCOC1)c1cc(Cl)ccc1Br. The molecule has 1 unspecified atom stereocenters. The minimum atomic E-state index is -0.102. The summed E-state index contributed by atoms with van der Waals surface area (Å²) in [5.41, 5.74) is 0.569. The van der Waals surface area contributed by atoms with Gasteiger partial charge in [0.15, 0.2) is 0 Å². The van der Waals surface area contributed by atoms with Crippen molar-refractivity contribution in [3.05, 3.63) is 33.3 Å². The lowest BCUT2D eigenvalue weighted by Crippen LogP contribution is -2.33. The highest BCUT2D eigenvalue weighted by atomic mass is 79.9. The third-order valence-corrected chi connectivity index (χ3v) is 3.91. The van der Waals surface area contributed by atoms with E-state index in [1.165, 1.54) is 0 Å². The van der Waals surface area contributed by atoms with Crippen LogP contribution in [0.1, 0.15) is 23.2 Å². The van der Waals surface area contributed by atoms with Crippen LogP contribution in [-0.2, 0) is 4.74 Å². The van der Waals surface area contributed by atoms with E-state index in [1.807, 2.05) is 0 Å². The maximum Gasteiger partial charge on any atom is 0.252 e. The Kier molecular flexibility index (Phi) is 5.03. The van der Waals surface area contributed by atoms with Gasteiger partial charge in [0.05, 0.1) is 12.2 Å². The van der Waals surface area contributed by atoms with Crippen LogP contribution in [0.3, 0.4) is 0 Å². The van der Waals surface area contributed by atoms with Crippen LogP contribution in [0.25, 0.3) is 0 Å². The molecule has 3 nitrogen and oxygen atoms in total. The molecule has 1 N–H and O–H groups in total. The Balaban J connectivity index is 1.92. The summed E-state index contributed by atoms with van der Waals surface area (Å²) in [6.45, 7) is 2.22. The molecule has 5 heteroatoms. The minimum Gasteiger partial charge on any atom is -0.381 e. The third-order valence-electron chi connectivity index (χ3n) is 2.98. The second kappa shape index (κ2) is 6.55. The van der Waals surface area contributed by atoms with Gasteiger partial charge in [-0.05, 0) is 52.9 Å². The summed E-state index contributed by atoms with van der Waals surface area (Å²) < 4.78 is 6.14. The second-order valence-corrected chi connectivity index (χ2v) is 5.71. The van der Waals surface area contributed by atoms with Crippen LogP contribution in [0.4, 0.5) is 0 Å². The molecule has 2 rings (SSSR count). The largest absolute Gasteiger partial charge is 0.381 e. The number of hydrogen-bond acceptors (Lipinski definition) is 2. The maximum absolute atomic E-state index is 12.0. The van der Waals surface area contributed by atoms with Crippen LogP contribution in [0, 0.1) is 5.92 Å². The van der Waals surface area contributed by atoms with E-state index in [2.05, 4.69) is 21.2 Å². The van der Waals surface area contributed by atoms with Crippen LogP contribution >= 0.6 is 27.5 Å². The number of benzene rings is 1. The molecular formula is C13H15BrClNO2. The van der Waals surface area contributed by atoms with E-state index in [4.69, 9.17) is 16.3 Å². The van der Waals surface area contributed by atoms with Crippen molar-refractivity contribution in [2.75, 3.05) is 19.8 Å². The number of carbonyl (C=O) groups excluding carboxylic acids is 1. The second-order valence-electron chi connectivity index (χ2n) is 4.42. The Morgan fingerprint density at radius 3 is 3.11 bits per heavy atom. The first kappa shape index (κ1) is 13.8. The van der Waals surface area contributed by atoms with E-state index in [0.717, 1.165) is 30.5 Å². The van der Waals surface area contributed by atoms with Crippen molar-refractivity contribution in [3.63, 3.8) is 0 Å². The van der Waals surface area contributed by atoms with Gasteiger partial charge in [0.2, 0.25) is 0 Å². The number of nitrogens with one attached hydrogen (secondary N) is 1. The van der Waals surface area contributed by atoms with E-state index < -0.39 is 0 Å². The monoisotopic (exact) mass is 331 g/mol. The molecule has 1 aliphatic rings. The van der Waals surface area contributed by atoms with Gasteiger partial charge in [-0.2, -0.15) is 0 Å². The summed E-state index contributed by atoms with van der Waals surface area (Å²) in [6, 6.07) is 5.19. The molecule has 1 amide bonds. The Morgan fingerprint density at radius 1 is 1.56 bits per heavy atom. The van der Waals surface area contributed by atoms with Crippen LogP contribution in [0.2, 0.25) is 5.02 Å². The van der Waals surface area contributed by atoms with Crippen LogP contribution in [-0.4, -0.2) is 25.7 Å². The zero-order chi connectivity index (χ0) is 13.0. The van der Waals surface area contributed by atoms with Gasteiger partial charge in [-0.25, -0.2) is 0 Å². The van der Waals surface area contributed by atoms with Crippen molar-refractivity contribution in [1.29, 1.82) is 0 Å². The molecule has 1 fully saturated rings. The summed E-state index contributed by atoms with van der Waals surface area (Å²) >= 11 is 9.24. The van der Waals surface area contributed by atoms with Gasteiger partial charge < -0.3 is 10.1 Å². The Hall–Kier alpha value is -0.580. The summed E-state index contributed by atoms with van der Waals surface area (Å²) in [7, 11) is 0. The van der Waals surface area contributed by atoms with Gasteiger partial charge in [-0.1, -0.05) is 11.6 Å². The van der Waals surface area contributed by atoms with Crippen molar-refractivity contribution in [2.45, 2.75) is 12.8 Å². The van der Waals surface area contributed by atoms with Crippen LogP contribution in [0.5, 0.6) is 0 Å². The summed E-state index contributed by atoms with van der Waals surface area (Å²) in [5.74, 6) is 0.315. The highest BCUT2D eigenvalue weighted by Gasteiger charge is 2.16. The van der Waals surface area contributed by atoms with Crippen molar-refractivity contribution in [2.24, 2.45) is 5.92 Å². The smallest absolute Gasteiger partial charge is 0.252 e. The van der Waals surface area contributed by atoms with Gasteiger partial charge in [0.1, 0.15) is 0 Å². The number of rotatable bonds is 3. The molecule has 1 aromatic rings. The van der Waals surface area contributed by atoms with E-state index >= 15 is 0 Å². The van der Waals surface area contributed by atoms with Crippen molar-refractivity contribution >= 4 is 33.4 Å². The van der Waals surface area contributed by atoms with Gasteiger partial charge in [0.25, 0.3) is 5.91 Å². The lowest BCUT2D eigenvalue weighted by molar-refractivity contribution is 0.0536. The molecule has 1 aliphatic heterocycles. The first-order valence-corrected chi connectivity index (χ1v) is 7.15. The third kappa shape index (κ3) is 3.70. The molecule has 0 bridgehead atoms. The predicted molar refractivity (Wildman–Crippen MR) is 75.0 cm³/mol. The van der Waals surface area contributed by atoms with Crippen LogP contribution in [0.15, 0.2) is 22.7 Å². The van der Waals surface area contributed by atoms with Crippen molar-refractivity contribution < 1.29 is 9.53 Å². The molecule has 98 valence electrons. The van der Waals surface area contributed by atoms with E-state index in [0.29, 0.717) is 23.0 Å². The Morgan fingerprint density at radius 2 is 2.39 bits per heavy atom. The lowest BCUT2D eigenvalue weighted by atomic mass is 10.0. The number of hydrogen-bond donors (Lipinski definition) is 1. The molecule has 1 heterocycles. The topological polar surface area (TPSA) is 38.3 Å². The molecular weight excluding hydrogens is 318 g/mol. The van der Waals surface area contributed by atoms with Gasteiger partial charge in [-0.15, -0.1) is 0 Å². The normalized spacial score (nSPS) is 19.6. The average Bonchev–Trinajstić information content (AvgIpc) is 2.40. The van der Waals surface area contributed by atoms with Crippen molar-refractivity contribution in [3.8, 4) is 0 Å². The quantitative estimate of drug-likeness (QED) is 0.922. The van der Waals surface area contributed by atoms with Gasteiger partial charge in [0, 0.05) is 22.6 Å². The molecule has 0 spiro atoms. The molecule has 1 saturated heterocycles.